The minimum Gasteiger partial charge on any atom is -0.383 e. The van der Waals surface area contributed by atoms with E-state index in [1.807, 2.05) is 0 Å². The van der Waals surface area contributed by atoms with Gasteiger partial charge in [0.2, 0.25) is 10.0 Å². The molecule has 108 valence electrons. The van der Waals surface area contributed by atoms with Crippen molar-refractivity contribution >= 4 is 10.0 Å². The van der Waals surface area contributed by atoms with Crippen LogP contribution in [0.2, 0.25) is 0 Å². The van der Waals surface area contributed by atoms with Crippen LogP contribution in [0.15, 0.2) is 35.5 Å². The molecule has 0 bridgehead atoms. The van der Waals surface area contributed by atoms with Crippen LogP contribution < -0.4 is 4.72 Å². The maximum absolute atomic E-state index is 12.2. The zero-order chi connectivity index (χ0) is 14.6. The molecule has 1 atom stereocenters. The second kappa shape index (κ2) is 6.07. The van der Waals surface area contributed by atoms with E-state index >= 15 is 0 Å². The molecule has 2 rings (SSSR count). The van der Waals surface area contributed by atoms with Crippen molar-refractivity contribution in [1.82, 2.24) is 24.9 Å². The van der Waals surface area contributed by atoms with Crippen LogP contribution in [0.1, 0.15) is 6.92 Å². The number of hydrogen-bond donors (Lipinski definition) is 1. The fourth-order valence-corrected chi connectivity index (χ4v) is 2.96. The Labute approximate surface area is 116 Å². The van der Waals surface area contributed by atoms with Crippen molar-refractivity contribution in [2.75, 3.05) is 13.7 Å². The van der Waals surface area contributed by atoms with Crippen LogP contribution in [0, 0.1) is 0 Å². The number of sulfonamides is 1. The molecule has 0 amide bonds. The van der Waals surface area contributed by atoms with Gasteiger partial charge in [-0.2, -0.15) is 0 Å². The van der Waals surface area contributed by atoms with Gasteiger partial charge in [-0.05, 0) is 35.5 Å². The Hall–Kier alpha value is -1.84. The van der Waals surface area contributed by atoms with Gasteiger partial charge in [-0.25, -0.2) is 17.8 Å². The lowest BCUT2D eigenvalue weighted by Crippen LogP contribution is -2.35. The van der Waals surface area contributed by atoms with E-state index < -0.39 is 10.0 Å². The van der Waals surface area contributed by atoms with Gasteiger partial charge >= 0.3 is 0 Å². The fraction of sp³-hybridized carbons (Fsp3) is 0.364. The Kier molecular flexibility index (Phi) is 4.42. The third kappa shape index (κ3) is 3.38. The van der Waals surface area contributed by atoms with E-state index in [0.29, 0.717) is 12.3 Å². The number of tetrazole rings is 1. The molecule has 8 nitrogen and oxygen atoms in total. The molecule has 1 heterocycles. The standard InChI is InChI=1S/C11H15N5O3S/c1-9(7-19-2)13-20(17,18)11-5-3-4-10(6-11)16-8-12-14-15-16/h3-6,8-9,13H,7H2,1-2H3. The lowest BCUT2D eigenvalue weighted by Gasteiger charge is -2.13. The summed E-state index contributed by atoms with van der Waals surface area (Å²) in [6.07, 6.45) is 1.40. The molecule has 0 radical (unpaired) electrons. The monoisotopic (exact) mass is 297 g/mol. The highest BCUT2D eigenvalue weighted by Gasteiger charge is 2.18. The Balaban J connectivity index is 2.26. The average Bonchev–Trinajstić information content (AvgIpc) is 2.92. The average molecular weight is 297 g/mol. The van der Waals surface area contributed by atoms with E-state index in [9.17, 15) is 8.42 Å². The second-order valence-electron chi connectivity index (χ2n) is 4.23. The fourth-order valence-electron chi connectivity index (χ4n) is 1.69. The number of hydrogen-bond acceptors (Lipinski definition) is 6. The lowest BCUT2D eigenvalue weighted by molar-refractivity contribution is 0.180. The summed E-state index contributed by atoms with van der Waals surface area (Å²) in [6.45, 7) is 2.03. The zero-order valence-corrected chi connectivity index (χ0v) is 11.9. The number of nitrogens with zero attached hydrogens (tertiary/aromatic N) is 4. The Morgan fingerprint density at radius 1 is 1.45 bits per heavy atom. The van der Waals surface area contributed by atoms with Crippen LogP contribution in [0.3, 0.4) is 0 Å². The summed E-state index contributed by atoms with van der Waals surface area (Å²) in [5, 5.41) is 10.7. The Morgan fingerprint density at radius 2 is 2.25 bits per heavy atom. The largest absolute Gasteiger partial charge is 0.383 e. The first-order valence-electron chi connectivity index (χ1n) is 5.87. The first-order valence-corrected chi connectivity index (χ1v) is 7.36. The number of methoxy groups -OCH3 is 1. The molecule has 0 saturated heterocycles. The number of aromatic nitrogens is 4. The summed E-state index contributed by atoms with van der Waals surface area (Å²) in [7, 11) is -2.09. The topological polar surface area (TPSA) is 99.0 Å². The maximum Gasteiger partial charge on any atom is 0.240 e. The van der Waals surface area contributed by atoms with Crippen LogP contribution >= 0.6 is 0 Å². The highest BCUT2D eigenvalue weighted by atomic mass is 32.2. The molecule has 0 fully saturated rings. The Morgan fingerprint density at radius 3 is 2.90 bits per heavy atom. The second-order valence-corrected chi connectivity index (χ2v) is 5.94. The van der Waals surface area contributed by atoms with Crippen molar-refractivity contribution in [2.45, 2.75) is 17.9 Å². The van der Waals surface area contributed by atoms with Crippen molar-refractivity contribution < 1.29 is 13.2 Å². The van der Waals surface area contributed by atoms with Crippen LogP contribution in [0.5, 0.6) is 0 Å². The lowest BCUT2D eigenvalue weighted by atomic mass is 10.3. The van der Waals surface area contributed by atoms with E-state index in [2.05, 4.69) is 20.2 Å². The normalized spacial score (nSPS) is 13.3. The molecule has 0 saturated carbocycles. The molecule has 1 aromatic heterocycles. The molecule has 1 aromatic carbocycles. The minimum atomic E-state index is -3.61. The molecule has 20 heavy (non-hydrogen) atoms. The highest BCUT2D eigenvalue weighted by Crippen LogP contribution is 2.14. The van der Waals surface area contributed by atoms with Gasteiger partial charge in [0.1, 0.15) is 6.33 Å². The van der Waals surface area contributed by atoms with E-state index in [1.165, 1.54) is 30.3 Å². The van der Waals surface area contributed by atoms with Crippen molar-refractivity contribution in [3.8, 4) is 5.69 Å². The predicted octanol–water partition coefficient (Wildman–Crippen LogP) is -0.0245. The first-order chi connectivity index (χ1) is 9.53. The number of benzene rings is 1. The molecular formula is C11H15N5O3S. The third-order valence-electron chi connectivity index (χ3n) is 2.51. The van der Waals surface area contributed by atoms with Gasteiger partial charge in [0.05, 0.1) is 17.2 Å². The van der Waals surface area contributed by atoms with Gasteiger partial charge in [0.15, 0.2) is 0 Å². The summed E-state index contributed by atoms with van der Waals surface area (Å²) in [5.41, 5.74) is 0.567. The molecule has 0 aliphatic carbocycles. The summed E-state index contributed by atoms with van der Waals surface area (Å²) < 4.78 is 33.3. The van der Waals surface area contributed by atoms with Crippen molar-refractivity contribution in [3.05, 3.63) is 30.6 Å². The molecule has 0 aliphatic rings. The molecule has 1 N–H and O–H groups in total. The SMILES string of the molecule is COCC(C)NS(=O)(=O)c1cccc(-n2cnnn2)c1. The summed E-state index contributed by atoms with van der Waals surface area (Å²) in [5.74, 6) is 0. The Bertz CT molecular complexity index is 656. The van der Waals surface area contributed by atoms with E-state index in [1.54, 1.807) is 19.1 Å². The minimum absolute atomic E-state index is 0.147. The van der Waals surface area contributed by atoms with Crippen LogP contribution in [-0.2, 0) is 14.8 Å². The summed E-state index contributed by atoms with van der Waals surface area (Å²) in [4.78, 5) is 0.147. The van der Waals surface area contributed by atoms with Gasteiger partial charge in [-0.15, -0.1) is 5.10 Å². The summed E-state index contributed by atoms with van der Waals surface area (Å²) in [6, 6.07) is 6.04. The van der Waals surface area contributed by atoms with Gasteiger partial charge < -0.3 is 4.74 Å². The number of rotatable bonds is 6. The maximum atomic E-state index is 12.2. The van der Waals surface area contributed by atoms with Crippen LogP contribution in [0.25, 0.3) is 5.69 Å². The van der Waals surface area contributed by atoms with Gasteiger partial charge in [0, 0.05) is 13.2 Å². The predicted molar refractivity (Wildman–Crippen MR) is 70.8 cm³/mol. The molecular weight excluding hydrogens is 282 g/mol. The first kappa shape index (κ1) is 14.6. The molecule has 2 aromatic rings. The number of nitrogens with one attached hydrogen (secondary N) is 1. The number of ether oxygens (including phenoxy) is 1. The zero-order valence-electron chi connectivity index (χ0n) is 11.1. The molecule has 0 aliphatic heterocycles. The van der Waals surface area contributed by atoms with Crippen molar-refractivity contribution in [1.29, 1.82) is 0 Å². The van der Waals surface area contributed by atoms with E-state index in [4.69, 9.17) is 4.74 Å². The van der Waals surface area contributed by atoms with E-state index in [0.717, 1.165) is 0 Å². The van der Waals surface area contributed by atoms with E-state index in [-0.39, 0.29) is 10.9 Å². The van der Waals surface area contributed by atoms with Crippen molar-refractivity contribution in [3.63, 3.8) is 0 Å². The third-order valence-corrected chi connectivity index (χ3v) is 4.10. The van der Waals surface area contributed by atoms with Gasteiger partial charge in [-0.3, -0.25) is 0 Å². The van der Waals surface area contributed by atoms with Gasteiger partial charge in [0.25, 0.3) is 0 Å². The smallest absolute Gasteiger partial charge is 0.240 e. The summed E-state index contributed by atoms with van der Waals surface area (Å²) >= 11 is 0. The van der Waals surface area contributed by atoms with Crippen LogP contribution in [0.4, 0.5) is 0 Å². The van der Waals surface area contributed by atoms with Crippen LogP contribution in [-0.4, -0.2) is 48.4 Å². The van der Waals surface area contributed by atoms with Gasteiger partial charge in [-0.1, -0.05) is 6.07 Å². The molecule has 9 heteroatoms. The highest BCUT2D eigenvalue weighted by molar-refractivity contribution is 7.89. The van der Waals surface area contributed by atoms with Crippen molar-refractivity contribution in [2.24, 2.45) is 0 Å². The molecule has 0 spiro atoms. The quantitative estimate of drug-likeness (QED) is 0.804. The molecule has 1 unspecified atom stereocenters.